The molecular formula is C28H25F2NO7. The molecule has 4 N–H and O–H groups in total. The van der Waals surface area contributed by atoms with Crippen molar-refractivity contribution in [3.63, 3.8) is 0 Å². The van der Waals surface area contributed by atoms with Crippen LogP contribution in [0.5, 0.6) is 5.75 Å². The maximum atomic E-state index is 14.0. The van der Waals surface area contributed by atoms with Gasteiger partial charge in [0.15, 0.2) is 46.3 Å². The summed E-state index contributed by atoms with van der Waals surface area (Å²) in [5, 5.41) is 22.2. The number of carbonyl (C=O) groups excluding carboxylic acids is 5. The molecule has 3 aliphatic rings. The molecule has 2 aromatic rings. The molecule has 2 unspecified atom stereocenters. The van der Waals surface area contributed by atoms with Crippen molar-refractivity contribution < 1.29 is 43.0 Å². The van der Waals surface area contributed by atoms with E-state index in [1.807, 2.05) is 0 Å². The standard InChI is InChI=1S/C28H25F2NO7/c1-10(2)19-15-8-12-7-14-13(11-3-5-16(29)17(30)9-11)4-6-18(32)21(14)24(34)20(12)25(35)28(15,38)26(36)22(23(19)33)27(31)37/h3-6,9-10,12,15,19-20,22,32,38H,7-8H2,1-2H3,(H2,31,37)/t12-,15-,19-,20?,22?,28-/m0/s1. The monoisotopic (exact) mass is 525 g/mol. The second kappa shape index (κ2) is 8.62. The normalized spacial score (nSPS) is 30.6. The van der Waals surface area contributed by atoms with E-state index in [2.05, 4.69) is 0 Å². The minimum Gasteiger partial charge on any atom is -0.507 e. The molecule has 6 atom stereocenters. The third kappa shape index (κ3) is 3.39. The van der Waals surface area contributed by atoms with Gasteiger partial charge in [0.2, 0.25) is 5.91 Å². The molecule has 0 bridgehead atoms. The lowest BCUT2D eigenvalue weighted by molar-refractivity contribution is -0.182. The summed E-state index contributed by atoms with van der Waals surface area (Å²) in [7, 11) is 0. The van der Waals surface area contributed by atoms with E-state index in [1.165, 1.54) is 18.2 Å². The molecule has 0 heterocycles. The van der Waals surface area contributed by atoms with Crippen LogP contribution < -0.4 is 5.73 Å². The van der Waals surface area contributed by atoms with Crippen molar-refractivity contribution in [2.24, 2.45) is 41.2 Å². The number of phenols is 1. The number of hydrogen-bond donors (Lipinski definition) is 3. The predicted octanol–water partition coefficient (Wildman–Crippen LogP) is 2.15. The largest absolute Gasteiger partial charge is 0.507 e. The number of Topliss-reactive ketones (excluding diaryl/α,β-unsaturated/α-hetero) is 4. The smallest absolute Gasteiger partial charge is 0.235 e. The highest BCUT2D eigenvalue weighted by molar-refractivity contribution is 6.32. The van der Waals surface area contributed by atoms with E-state index in [-0.39, 0.29) is 24.0 Å². The average molecular weight is 526 g/mol. The number of aliphatic hydroxyl groups is 1. The van der Waals surface area contributed by atoms with Gasteiger partial charge in [-0.1, -0.05) is 26.0 Å². The van der Waals surface area contributed by atoms with Gasteiger partial charge in [-0.3, -0.25) is 24.0 Å². The number of rotatable bonds is 3. The Morgan fingerprint density at radius 2 is 1.74 bits per heavy atom. The maximum Gasteiger partial charge on any atom is 0.235 e. The number of hydrogen-bond acceptors (Lipinski definition) is 7. The minimum absolute atomic E-state index is 0.0270. The van der Waals surface area contributed by atoms with Crippen LogP contribution in [0.3, 0.4) is 0 Å². The molecule has 0 aromatic heterocycles. The Morgan fingerprint density at radius 3 is 2.34 bits per heavy atom. The number of phenolic OH excluding ortho intramolecular Hbond substituents is 1. The van der Waals surface area contributed by atoms with Crippen LogP contribution in [-0.4, -0.2) is 44.9 Å². The average Bonchev–Trinajstić information content (AvgIpc) is 2.83. The molecule has 0 aliphatic heterocycles. The van der Waals surface area contributed by atoms with Crippen LogP contribution in [0.15, 0.2) is 30.3 Å². The van der Waals surface area contributed by atoms with Crippen LogP contribution in [-0.2, 0) is 25.6 Å². The summed E-state index contributed by atoms with van der Waals surface area (Å²) in [6, 6.07) is 5.87. The van der Waals surface area contributed by atoms with E-state index >= 15 is 0 Å². The van der Waals surface area contributed by atoms with Crippen molar-refractivity contribution in [3.05, 3.63) is 53.1 Å². The summed E-state index contributed by atoms with van der Waals surface area (Å²) in [6.45, 7) is 3.32. The Morgan fingerprint density at radius 1 is 1.05 bits per heavy atom. The summed E-state index contributed by atoms with van der Waals surface area (Å²) in [5.74, 6) is -14.9. The van der Waals surface area contributed by atoms with Crippen LogP contribution in [0.2, 0.25) is 0 Å². The quantitative estimate of drug-likeness (QED) is 0.519. The number of aromatic hydroxyl groups is 1. The van der Waals surface area contributed by atoms with E-state index in [4.69, 9.17) is 5.73 Å². The van der Waals surface area contributed by atoms with E-state index in [1.54, 1.807) is 13.8 Å². The van der Waals surface area contributed by atoms with Crippen LogP contribution in [0, 0.1) is 47.1 Å². The SMILES string of the molecule is CC(C)[C@@H]1C(=O)C(C(N)=O)C(=O)[C@@]2(O)C(=O)C3C(=O)c4c(O)ccc(-c5ccc(F)c(F)c5)c4C[C@H]3C[C@@H]12. The molecule has 3 aliphatic carbocycles. The van der Waals surface area contributed by atoms with Crippen LogP contribution in [0.4, 0.5) is 8.78 Å². The number of ketones is 4. The third-order valence-electron chi connectivity index (χ3n) is 8.43. The number of carbonyl (C=O) groups is 5. The number of amides is 1. The van der Waals surface area contributed by atoms with Gasteiger partial charge in [-0.25, -0.2) is 8.78 Å². The lowest BCUT2D eigenvalue weighted by Crippen LogP contribution is -2.71. The zero-order valence-electron chi connectivity index (χ0n) is 20.5. The lowest BCUT2D eigenvalue weighted by atomic mass is 9.49. The Kier molecular flexibility index (Phi) is 5.86. The topological polar surface area (TPSA) is 152 Å². The molecule has 38 heavy (non-hydrogen) atoms. The minimum atomic E-state index is -2.77. The van der Waals surface area contributed by atoms with Crippen molar-refractivity contribution in [2.45, 2.75) is 32.3 Å². The predicted molar refractivity (Wildman–Crippen MR) is 128 cm³/mol. The zero-order valence-corrected chi connectivity index (χ0v) is 20.5. The van der Waals surface area contributed by atoms with E-state index in [0.717, 1.165) is 12.1 Å². The first-order valence-corrected chi connectivity index (χ1v) is 12.3. The van der Waals surface area contributed by atoms with Crippen molar-refractivity contribution in [1.82, 2.24) is 0 Å². The summed E-state index contributed by atoms with van der Waals surface area (Å²) in [6.07, 6.45) is -0.0456. The van der Waals surface area contributed by atoms with E-state index < -0.39 is 87.5 Å². The number of halogens is 2. The molecular weight excluding hydrogens is 500 g/mol. The third-order valence-corrected chi connectivity index (χ3v) is 8.43. The summed E-state index contributed by atoms with van der Waals surface area (Å²) < 4.78 is 27.6. The molecule has 1 amide bonds. The fourth-order valence-electron chi connectivity index (χ4n) is 6.79. The second-order valence-corrected chi connectivity index (χ2v) is 10.8. The Bertz CT molecular complexity index is 1450. The molecule has 10 heteroatoms. The maximum absolute atomic E-state index is 14.0. The molecule has 0 saturated heterocycles. The van der Waals surface area contributed by atoms with E-state index in [0.29, 0.717) is 11.1 Å². The highest BCUT2D eigenvalue weighted by atomic mass is 19.2. The van der Waals surface area contributed by atoms with Gasteiger partial charge in [0.1, 0.15) is 5.75 Å². The fraction of sp³-hybridized carbons (Fsp3) is 0.393. The van der Waals surface area contributed by atoms with Gasteiger partial charge in [-0.15, -0.1) is 0 Å². The second-order valence-electron chi connectivity index (χ2n) is 10.8. The molecule has 2 fully saturated rings. The zero-order chi connectivity index (χ0) is 27.8. The first-order valence-electron chi connectivity index (χ1n) is 12.3. The first-order chi connectivity index (χ1) is 17.8. The van der Waals surface area contributed by atoms with Gasteiger partial charge in [-0.05, 0) is 59.6 Å². The van der Waals surface area contributed by atoms with Gasteiger partial charge >= 0.3 is 0 Å². The van der Waals surface area contributed by atoms with Crippen LogP contribution in [0.25, 0.3) is 11.1 Å². The molecule has 5 rings (SSSR count). The molecule has 8 nitrogen and oxygen atoms in total. The number of primary amides is 1. The first kappa shape index (κ1) is 25.8. The van der Waals surface area contributed by atoms with Crippen molar-refractivity contribution >= 4 is 29.0 Å². The van der Waals surface area contributed by atoms with Crippen LogP contribution in [0.1, 0.15) is 36.2 Å². The van der Waals surface area contributed by atoms with Gasteiger partial charge in [0, 0.05) is 11.8 Å². The Labute approximate surface area is 215 Å². The summed E-state index contributed by atoms with van der Waals surface area (Å²) in [4.78, 5) is 66.0. The Balaban J connectivity index is 1.66. The highest BCUT2D eigenvalue weighted by Gasteiger charge is 2.69. The van der Waals surface area contributed by atoms with Crippen molar-refractivity contribution in [1.29, 1.82) is 0 Å². The molecule has 2 saturated carbocycles. The Hall–Kier alpha value is -3.79. The van der Waals surface area contributed by atoms with Gasteiger partial charge < -0.3 is 15.9 Å². The highest BCUT2D eigenvalue weighted by Crippen LogP contribution is 2.53. The van der Waals surface area contributed by atoms with Gasteiger partial charge in [-0.2, -0.15) is 0 Å². The number of benzene rings is 2. The summed E-state index contributed by atoms with van der Waals surface area (Å²) in [5.41, 5.74) is 3.24. The van der Waals surface area contributed by atoms with Gasteiger partial charge in [0.25, 0.3) is 0 Å². The lowest BCUT2D eigenvalue weighted by Gasteiger charge is -2.52. The van der Waals surface area contributed by atoms with Crippen molar-refractivity contribution in [2.75, 3.05) is 0 Å². The molecule has 198 valence electrons. The van der Waals surface area contributed by atoms with E-state index in [9.17, 15) is 43.0 Å². The molecule has 0 radical (unpaired) electrons. The summed E-state index contributed by atoms with van der Waals surface area (Å²) >= 11 is 0. The van der Waals surface area contributed by atoms with Crippen LogP contribution >= 0.6 is 0 Å². The number of nitrogens with two attached hydrogens (primary N) is 1. The van der Waals surface area contributed by atoms with Crippen molar-refractivity contribution in [3.8, 4) is 16.9 Å². The van der Waals surface area contributed by atoms with Gasteiger partial charge in [0.05, 0.1) is 11.5 Å². The molecule has 0 spiro atoms. The number of fused-ring (bicyclic) bond motifs is 3. The fourth-order valence-corrected chi connectivity index (χ4v) is 6.79. The molecule has 2 aromatic carbocycles.